The van der Waals surface area contributed by atoms with E-state index in [9.17, 15) is 9.59 Å². The zero-order valence-corrected chi connectivity index (χ0v) is 13.9. The van der Waals surface area contributed by atoms with Crippen molar-refractivity contribution in [3.63, 3.8) is 0 Å². The maximum atomic E-state index is 13.1. The predicted molar refractivity (Wildman–Crippen MR) is 98.7 cm³/mol. The van der Waals surface area contributed by atoms with Gasteiger partial charge in [-0.2, -0.15) is 0 Å². The molecule has 6 heteroatoms. The second-order valence-corrected chi connectivity index (χ2v) is 6.10. The number of nitrogens with zero attached hydrogens (tertiary/aromatic N) is 3. The summed E-state index contributed by atoms with van der Waals surface area (Å²) in [6.07, 6.45) is 3.17. The standard InChI is InChI=1S/C19H16N4O2/c1-11-3-5-13(6-4-11)22-9-8-15-17(18(22)24)14-7-10-23(20)19(25)16(14)12(2)21-15/h3-10H,20H2,1-2H3. The Labute approximate surface area is 142 Å². The van der Waals surface area contributed by atoms with Gasteiger partial charge < -0.3 is 5.84 Å². The van der Waals surface area contributed by atoms with Gasteiger partial charge in [0.25, 0.3) is 11.1 Å². The number of rotatable bonds is 1. The number of fused-ring (bicyclic) bond motifs is 3. The lowest BCUT2D eigenvalue weighted by Gasteiger charge is -2.11. The molecular weight excluding hydrogens is 316 g/mol. The molecule has 6 nitrogen and oxygen atoms in total. The minimum atomic E-state index is -0.366. The van der Waals surface area contributed by atoms with Crippen molar-refractivity contribution >= 4 is 21.7 Å². The van der Waals surface area contributed by atoms with Gasteiger partial charge in [-0.15, -0.1) is 0 Å². The van der Waals surface area contributed by atoms with Crippen LogP contribution in [0, 0.1) is 13.8 Å². The van der Waals surface area contributed by atoms with Crippen LogP contribution in [0.25, 0.3) is 27.4 Å². The van der Waals surface area contributed by atoms with E-state index < -0.39 is 0 Å². The second kappa shape index (κ2) is 5.31. The van der Waals surface area contributed by atoms with E-state index in [1.807, 2.05) is 31.2 Å². The smallest absolute Gasteiger partial charge is 0.278 e. The minimum Gasteiger partial charge on any atom is -0.336 e. The highest BCUT2D eigenvalue weighted by molar-refractivity contribution is 6.05. The highest BCUT2D eigenvalue weighted by Crippen LogP contribution is 2.21. The van der Waals surface area contributed by atoms with Crippen LogP contribution >= 0.6 is 0 Å². The number of nitrogens with two attached hydrogens (primary N) is 1. The van der Waals surface area contributed by atoms with Gasteiger partial charge in [0.1, 0.15) is 0 Å². The van der Waals surface area contributed by atoms with Crippen molar-refractivity contribution in [2.75, 3.05) is 5.84 Å². The third kappa shape index (κ3) is 2.22. The largest absolute Gasteiger partial charge is 0.336 e. The molecule has 0 amide bonds. The molecule has 0 aliphatic rings. The molecule has 4 aromatic rings. The van der Waals surface area contributed by atoms with Crippen LogP contribution in [0.4, 0.5) is 0 Å². The predicted octanol–water partition coefficient (Wildman–Crippen LogP) is 2.03. The summed E-state index contributed by atoms with van der Waals surface area (Å²) >= 11 is 0. The average molecular weight is 332 g/mol. The molecule has 0 saturated carbocycles. The van der Waals surface area contributed by atoms with Gasteiger partial charge in [0.2, 0.25) is 0 Å². The molecule has 0 spiro atoms. The summed E-state index contributed by atoms with van der Waals surface area (Å²) in [7, 11) is 0. The van der Waals surface area contributed by atoms with Crippen LogP contribution in [-0.4, -0.2) is 14.2 Å². The van der Waals surface area contributed by atoms with Gasteiger partial charge in [0.15, 0.2) is 0 Å². The fourth-order valence-electron chi connectivity index (χ4n) is 3.13. The Balaban J connectivity index is 2.17. The van der Waals surface area contributed by atoms with Gasteiger partial charge in [0.05, 0.1) is 22.0 Å². The maximum Gasteiger partial charge on any atom is 0.278 e. The normalized spacial score (nSPS) is 11.3. The first kappa shape index (κ1) is 15.1. The lowest BCUT2D eigenvalue weighted by Crippen LogP contribution is -2.27. The number of hydrogen-bond acceptors (Lipinski definition) is 4. The van der Waals surface area contributed by atoms with E-state index in [1.165, 1.54) is 6.20 Å². The number of benzene rings is 1. The molecule has 0 unspecified atom stereocenters. The molecule has 0 aliphatic heterocycles. The maximum absolute atomic E-state index is 13.1. The Hall–Kier alpha value is -3.41. The van der Waals surface area contributed by atoms with Crippen LogP contribution in [-0.2, 0) is 0 Å². The molecule has 0 aliphatic carbocycles. The van der Waals surface area contributed by atoms with E-state index in [0.717, 1.165) is 15.9 Å². The quantitative estimate of drug-likeness (QED) is 0.427. The van der Waals surface area contributed by atoms with Gasteiger partial charge in [0, 0.05) is 23.5 Å². The van der Waals surface area contributed by atoms with Crippen LogP contribution in [0.15, 0.2) is 58.4 Å². The van der Waals surface area contributed by atoms with Crippen molar-refractivity contribution in [2.45, 2.75) is 13.8 Å². The van der Waals surface area contributed by atoms with E-state index in [0.29, 0.717) is 27.4 Å². The summed E-state index contributed by atoms with van der Waals surface area (Å²) in [5, 5.41) is 1.36. The van der Waals surface area contributed by atoms with Crippen molar-refractivity contribution < 1.29 is 0 Å². The van der Waals surface area contributed by atoms with Crippen LogP contribution in [0.5, 0.6) is 0 Å². The molecule has 124 valence electrons. The summed E-state index contributed by atoms with van der Waals surface area (Å²) < 4.78 is 2.57. The number of nitrogen functional groups attached to an aromatic ring is 1. The van der Waals surface area contributed by atoms with E-state index in [2.05, 4.69) is 4.98 Å². The van der Waals surface area contributed by atoms with Crippen LogP contribution in [0.2, 0.25) is 0 Å². The highest BCUT2D eigenvalue weighted by atomic mass is 16.1. The van der Waals surface area contributed by atoms with Crippen molar-refractivity contribution in [3.8, 4) is 5.69 Å². The third-order valence-corrected chi connectivity index (χ3v) is 4.42. The van der Waals surface area contributed by atoms with Gasteiger partial charge in [-0.3, -0.25) is 19.1 Å². The first-order chi connectivity index (χ1) is 12.0. The number of aryl methyl sites for hydroxylation is 2. The molecule has 2 N–H and O–H groups in total. The summed E-state index contributed by atoms with van der Waals surface area (Å²) in [6.45, 7) is 3.74. The molecular formula is C19H16N4O2. The zero-order valence-electron chi connectivity index (χ0n) is 13.9. The van der Waals surface area contributed by atoms with E-state index >= 15 is 0 Å². The molecule has 0 fully saturated rings. The molecule has 1 aromatic carbocycles. The Morgan fingerprint density at radius 1 is 0.880 bits per heavy atom. The fraction of sp³-hybridized carbons (Fsp3) is 0.105. The lowest BCUT2D eigenvalue weighted by molar-refractivity contribution is 0.949. The van der Waals surface area contributed by atoms with Crippen molar-refractivity contribution in [3.05, 3.63) is 80.8 Å². The highest BCUT2D eigenvalue weighted by Gasteiger charge is 2.14. The van der Waals surface area contributed by atoms with Crippen molar-refractivity contribution in [1.29, 1.82) is 0 Å². The summed E-state index contributed by atoms with van der Waals surface area (Å²) in [5.74, 6) is 5.67. The molecule has 4 rings (SSSR count). The minimum absolute atomic E-state index is 0.215. The summed E-state index contributed by atoms with van der Waals surface area (Å²) in [5.41, 5.74) is 2.41. The molecule has 0 bridgehead atoms. The second-order valence-electron chi connectivity index (χ2n) is 6.10. The Bertz CT molecular complexity index is 1250. The molecule has 25 heavy (non-hydrogen) atoms. The Morgan fingerprint density at radius 2 is 1.60 bits per heavy atom. The van der Waals surface area contributed by atoms with E-state index in [-0.39, 0.29) is 11.1 Å². The third-order valence-electron chi connectivity index (χ3n) is 4.42. The molecule has 3 aromatic heterocycles. The van der Waals surface area contributed by atoms with Crippen molar-refractivity contribution in [1.82, 2.24) is 14.2 Å². The lowest BCUT2D eigenvalue weighted by atomic mass is 10.1. The molecule has 3 heterocycles. The molecule has 0 atom stereocenters. The summed E-state index contributed by atoms with van der Waals surface area (Å²) in [4.78, 5) is 29.9. The SMILES string of the molecule is Cc1ccc(-n2ccc3nc(C)c4c(=O)n(N)ccc4c3c2=O)cc1. The number of pyridine rings is 3. The Morgan fingerprint density at radius 3 is 2.32 bits per heavy atom. The van der Waals surface area contributed by atoms with Crippen LogP contribution in [0.1, 0.15) is 11.3 Å². The molecule has 0 saturated heterocycles. The zero-order chi connectivity index (χ0) is 17.7. The van der Waals surface area contributed by atoms with Gasteiger partial charge in [-0.25, -0.2) is 4.68 Å². The first-order valence-corrected chi connectivity index (χ1v) is 7.87. The van der Waals surface area contributed by atoms with E-state index in [1.54, 1.807) is 29.8 Å². The van der Waals surface area contributed by atoms with Gasteiger partial charge in [-0.1, -0.05) is 17.7 Å². The first-order valence-electron chi connectivity index (χ1n) is 7.87. The van der Waals surface area contributed by atoms with Gasteiger partial charge in [-0.05, 0) is 38.1 Å². The topological polar surface area (TPSA) is 82.9 Å². The molecule has 0 radical (unpaired) electrons. The van der Waals surface area contributed by atoms with Crippen LogP contribution in [0.3, 0.4) is 0 Å². The van der Waals surface area contributed by atoms with Crippen LogP contribution < -0.4 is 17.0 Å². The number of aromatic nitrogens is 3. The summed E-state index contributed by atoms with van der Waals surface area (Å²) in [6, 6.07) is 11.2. The fourth-order valence-corrected chi connectivity index (χ4v) is 3.13. The van der Waals surface area contributed by atoms with Gasteiger partial charge >= 0.3 is 0 Å². The monoisotopic (exact) mass is 332 g/mol. The van der Waals surface area contributed by atoms with Crippen molar-refractivity contribution in [2.24, 2.45) is 0 Å². The number of hydrogen-bond donors (Lipinski definition) is 1. The Kier molecular flexibility index (Phi) is 3.21. The van der Waals surface area contributed by atoms with E-state index in [4.69, 9.17) is 5.84 Å². The average Bonchev–Trinajstić information content (AvgIpc) is 2.59.